The first-order chi connectivity index (χ1) is 12.8. The number of ether oxygens (including phenoxy) is 1. The maximum atomic E-state index is 11.9. The summed E-state index contributed by atoms with van der Waals surface area (Å²) in [5.41, 5.74) is 0.612. The average Bonchev–Trinajstić information content (AvgIpc) is 3.21. The number of nitrogens with one attached hydrogen (secondary N) is 3. The molecule has 0 saturated carbocycles. The fourth-order valence-electron chi connectivity index (χ4n) is 2.23. The van der Waals surface area contributed by atoms with Crippen molar-refractivity contribution in [1.82, 2.24) is 25.3 Å². The molecule has 0 spiro atoms. The van der Waals surface area contributed by atoms with Crippen molar-refractivity contribution in [3.05, 3.63) is 54.9 Å². The molecule has 2 aromatic heterocycles. The SMILES string of the molecule is COc1ccccc1NC(=O)NCCNc1ccc(-n2cccn2)nn1. The van der Waals surface area contributed by atoms with Gasteiger partial charge < -0.3 is 20.7 Å². The Morgan fingerprint density at radius 2 is 2.00 bits per heavy atom. The van der Waals surface area contributed by atoms with Gasteiger partial charge in [-0.1, -0.05) is 12.1 Å². The van der Waals surface area contributed by atoms with Gasteiger partial charge >= 0.3 is 6.03 Å². The van der Waals surface area contributed by atoms with Crippen molar-refractivity contribution < 1.29 is 9.53 Å². The van der Waals surface area contributed by atoms with Crippen molar-refractivity contribution in [2.24, 2.45) is 0 Å². The molecule has 0 aliphatic carbocycles. The Labute approximate surface area is 150 Å². The van der Waals surface area contributed by atoms with Crippen LogP contribution in [0.5, 0.6) is 5.75 Å². The van der Waals surface area contributed by atoms with Crippen molar-refractivity contribution in [1.29, 1.82) is 0 Å². The summed E-state index contributed by atoms with van der Waals surface area (Å²) in [4.78, 5) is 11.9. The molecule has 0 bridgehead atoms. The van der Waals surface area contributed by atoms with Crippen LogP contribution in [0.3, 0.4) is 0 Å². The number of carbonyl (C=O) groups is 1. The van der Waals surface area contributed by atoms with Crippen LogP contribution < -0.4 is 20.7 Å². The molecule has 0 atom stereocenters. The van der Waals surface area contributed by atoms with E-state index in [4.69, 9.17) is 4.74 Å². The van der Waals surface area contributed by atoms with E-state index in [1.54, 1.807) is 42.4 Å². The van der Waals surface area contributed by atoms with Gasteiger partial charge in [0, 0.05) is 25.5 Å². The number of benzene rings is 1. The van der Waals surface area contributed by atoms with Crippen molar-refractivity contribution in [3.63, 3.8) is 0 Å². The third-order valence-electron chi connectivity index (χ3n) is 3.46. The molecule has 0 unspecified atom stereocenters. The largest absolute Gasteiger partial charge is 0.495 e. The highest BCUT2D eigenvalue weighted by Crippen LogP contribution is 2.22. The van der Waals surface area contributed by atoms with Crippen LogP contribution in [-0.4, -0.2) is 46.2 Å². The lowest BCUT2D eigenvalue weighted by atomic mass is 10.3. The summed E-state index contributed by atoms with van der Waals surface area (Å²) in [6.07, 6.45) is 3.47. The lowest BCUT2D eigenvalue weighted by Gasteiger charge is -2.11. The van der Waals surface area contributed by atoms with Crippen molar-refractivity contribution in [2.75, 3.05) is 30.8 Å². The standard InChI is InChI=1S/C17H19N7O2/c1-26-14-6-3-2-5-13(14)21-17(25)19-11-10-18-15-7-8-16(23-22-15)24-12-4-9-20-24/h2-9,12H,10-11H2,1H3,(H,18,22)(H2,19,21,25). The molecular formula is C17H19N7O2. The highest BCUT2D eigenvalue weighted by Gasteiger charge is 2.06. The Kier molecular flexibility index (Phi) is 5.61. The Hall–Kier alpha value is -3.62. The van der Waals surface area contributed by atoms with Crippen LogP contribution in [-0.2, 0) is 0 Å². The lowest BCUT2D eigenvalue weighted by Crippen LogP contribution is -2.32. The molecule has 2 heterocycles. The number of methoxy groups -OCH3 is 1. The molecule has 3 aromatic rings. The Balaban J connectivity index is 1.42. The van der Waals surface area contributed by atoms with E-state index in [1.807, 2.05) is 24.3 Å². The van der Waals surface area contributed by atoms with Gasteiger partial charge in [0.1, 0.15) is 11.6 Å². The molecule has 9 nitrogen and oxygen atoms in total. The summed E-state index contributed by atoms with van der Waals surface area (Å²) < 4.78 is 6.82. The Morgan fingerprint density at radius 3 is 2.73 bits per heavy atom. The van der Waals surface area contributed by atoms with E-state index < -0.39 is 0 Å². The highest BCUT2D eigenvalue weighted by molar-refractivity contribution is 5.90. The number of amides is 2. The number of hydrogen-bond acceptors (Lipinski definition) is 6. The van der Waals surface area contributed by atoms with Gasteiger partial charge in [-0.3, -0.25) is 0 Å². The van der Waals surface area contributed by atoms with Crippen LogP contribution in [0.1, 0.15) is 0 Å². The summed E-state index contributed by atoms with van der Waals surface area (Å²) in [6.45, 7) is 0.929. The summed E-state index contributed by atoms with van der Waals surface area (Å²) in [5.74, 6) is 1.86. The predicted molar refractivity (Wildman–Crippen MR) is 97.7 cm³/mol. The van der Waals surface area contributed by atoms with E-state index in [-0.39, 0.29) is 6.03 Å². The molecular weight excluding hydrogens is 334 g/mol. The Morgan fingerprint density at radius 1 is 1.12 bits per heavy atom. The normalized spacial score (nSPS) is 10.2. The van der Waals surface area contributed by atoms with Gasteiger partial charge in [-0.15, -0.1) is 10.2 Å². The van der Waals surface area contributed by atoms with Crippen LogP contribution in [0.25, 0.3) is 5.82 Å². The van der Waals surface area contributed by atoms with Crippen molar-refractivity contribution >= 4 is 17.5 Å². The minimum absolute atomic E-state index is 0.309. The zero-order chi connectivity index (χ0) is 18.2. The number of aromatic nitrogens is 4. The van der Waals surface area contributed by atoms with Gasteiger partial charge in [0.15, 0.2) is 5.82 Å². The number of anilines is 2. The minimum atomic E-state index is -0.309. The van der Waals surface area contributed by atoms with Gasteiger partial charge in [0.2, 0.25) is 0 Å². The third-order valence-corrected chi connectivity index (χ3v) is 3.46. The van der Waals surface area contributed by atoms with E-state index in [1.165, 1.54) is 0 Å². The molecule has 0 radical (unpaired) electrons. The highest BCUT2D eigenvalue weighted by atomic mass is 16.5. The summed E-state index contributed by atoms with van der Waals surface area (Å²) in [5, 5.41) is 20.8. The average molecular weight is 353 g/mol. The first-order valence-corrected chi connectivity index (χ1v) is 8.02. The Bertz CT molecular complexity index is 835. The van der Waals surface area contributed by atoms with E-state index in [0.717, 1.165) is 0 Å². The summed E-state index contributed by atoms with van der Waals surface area (Å²) >= 11 is 0. The van der Waals surface area contributed by atoms with Crippen molar-refractivity contribution in [3.8, 4) is 11.6 Å². The van der Waals surface area contributed by atoms with Gasteiger partial charge in [-0.05, 0) is 30.3 Å². The first-order valence-electron chi connectivity index (χ1n) is 8.02. The quantitative estimate of drug-likeness (QED) is 0.560. The van der Waals surface area contributed by atoms with E-state index in [0.29, 0.717) is 36.2 Å². The number of carbonyl (C=O) groups excluding carboxylic acids is 1. The number of rotatable bonds is 7. The molecule has 0 aliphatic heterocycles. The first kappa shape index (κ1) is 17.2. The monoisotopic (exact) mass is 353 g/mol. The predicted octanol–water partition coefficient (Wildman–Crippen LogP) is 1.90. The van der Waals surface area contributed by atoms with Crippen LogP contribution in [0.2, 0.25) is 0 Å². The summed E-state index contributed by atoms with van der Waals surface area (Å²) in [7, 11) is 1.56. The molecule has 26 heavy (non-hydrogen) atoms. The van der Waals surface area contributed by atoms with Crippen LogP contribution in [0.15, 0.2) is 54.9 Å². The van der Waals surface area contributed by atoms with Gasteiger partial charge in [-0.25, -0.2) is 9.48 Å². The number of nitrogens with zero attached hydrogens (tertiary/aromatic N) is 4. The minimum Gasteiger partial charge on any atom is -0.495 e. The molecule has 9 heteroatoms. The maximum absolute atomic E-state index is 11.9. The van der Waals surface area contributed by atoms with E-state index >= 15 is 0 Å². The fraction of sp³-hybridized carbons (Fsp3) is 0.176. The lowest BCUT2D eigenvalue weighted by molar-refractivity contribution is 0.252. The number of hydrogen-bond donors (Lipinski definition) is 3. The van der Waals surface area contributed by atoms with Gasteiger partial charge in [-0.2, -0.15) is 5.10 Å². The molecule has 0 aliphatic rings. The van der Waals surface area contributed by atoms with E-state index in [9.17, 15) is 4.79 Å². The second kappa shape index (κ2) is 8.47. The molecule has 0 fully saturated rings. The second-order valence-electron chi connectivity index (χ2n) is 5.24. The van der Waals surface area contributed by atoms with Crippen LogP contribution >= 0.6 is 0 Å². The zero-order valence-electron chi connectivity index (χ0n) is 14.2. The van der Waals surface area contributed by atoms with Gasteiger partial charge in [0.05, 0.1) is 12.8 Å². The molecule has 3 N–H and O–H groups in total. The number of urea groups is 1. The molecule has 2 amide bonds. The third kappa shape index (κ3) is 4.47. The molecule has 3 rings (SSSR count). The topological polar surface area (TPSA) is 106 Å². The molecule has 134 valence electrons. The molecule has 1 aromatic carbocycles. The maximum Gasteiger partial charge on any atom is 0.319 e. The van der Waals surface area contributed by atoms with Crippen LogP contribution in [0.4, 0.5) is 16.3 Å². The molecule has 0 saturated heterocycles. The van der Waals surface area contributed by atoms with Gasteiger partial charge in [0.25, 0.3) is 0 Å². The smallest absolute Gasteiger partial charge is 0.319 e. The van der Waals surface area contributed by atoms with Crippen LogP contribution in [0, 0.1) is 0 Å². The summed E-state index contributed by atoms with van der Waals surface area (Å²) in [6, 6.07) is 12.3. The van der Waals surface area contributed by atoms with Crippen molar-refractivity contribution in [2.45, 2.75) is 0 Å². The van der Waals surface area contributed by atoms with E-state index in [2.05, 4.69) is 31.2 Å². The second-order valence-corrected chi connectivity index (χ2v) is 5.24. The number of para-hydroxylation sites is 2. The fourth-order valence-corrected chi connectivity index (χ4v) is 2.23. The zero-order valence-corrected chi connectivity index (χ0v) is 14.2.